The molecular weight excluding hydrogens is 967 g/mol. The normalized spacial score (nSPS) is 25.9. The van der Waals surface area contributed by atoms with Gasteiger partial charge in [0, 0.05) is 6.42 Å². The maximum atomic E-state index is 13.1. The van der Waals surface area contributed by atoms with E-state index in [4.69, 9.17) is 18.9 Å². The van der Waals surface area contributed by atoms with Gasteiger partial charge in [-0.25, -0.2) is 0 Å². The fourth-order valence-corrected chi connectivity index (χ4v) is 8.26. The molecule has 14 heteroatoms. The maximum absolute atomic E-state index is 13.1. The fraction of sp³-hybridized carbons (Fsp3) is 0.629. The second-order valence-corrected chi connectivity index (χ2v) is 19.3. The Morgan fingerprint density at radius 1 is 0.487 bits per heavy atom. The summed E-state index contributed by atoms with van der Waals surface area (Å²) in [5.41, 5.74) is 0. The zero-order valence-electron chi connectivity index (χ0n) is 45.9. The molecule has 2 aliphatic rings. The first-order valence-electron chi connectivity index (χ1n) is 28.4. The molecular formula is C62H99NO13. The third-order valence-electron chi connectivity index (χ3n) is 12.8. The van der Waals surface area contributed by atoms with E-state index in [2.05, 4.69) is 141 Å². The maximum Gasteiger partial charge on any atom is 0.220 e. The summed E-state index contributed by atoms with van der Waals surface area (Å²) in [6, 6.07) is -0.928. The Balaban J connectivity index is 1.59. The van der Waals surface area contributed by atoms with Crippen LogP contribution in [0.3, 0.4) is 0 Å². The number of amides is 1. The Labute approximate surface area is 456 Å². The second-order valence-electron chi connectivity index (χ2n) is 19.3. The van der Waals surface area contributed by atoms with Crippen molar-refractivity contribution in [1.29, 1.82) is 0 Å². The lowest BCUT2D eigenvalue weighted by atomic mass is 9.97. The number of unbranched alkanes of at least 4 members (excludes halogenated alkanes) is 9. The Morgan fingerprint density at radius 3 is 1.39 bits per heavy atom. The molecule has 9 N–H and O–H groups in total. The molecule has 1 amide bonds. The largest absolute Gasteiger partial charge is 0.394 e. The monoisotopic (exact) mass is 1070 g/mol. The molecule has 0 spiro atoms. The summed E-state index contributed by atoms with van der Waals surface area (Å²) in [5.74, 6) is -0.269. The van der Waals surface area contributed by atoms with Gasteiger partial charge in [0.2, 0.25) is 5.91 Å². The third kappa shape index (κ3) is 31.5. The van der Waals surface area contributed by atoms with Gasteiger partial charge in [0.15, 0.2) is 12.6 Å². The van der Waals surface area contributed by atoms with Crippen LogP contribution in [0, 0.1) is 0 Å². The van der Waals surface area contributed by atoms with Crippen molar-refractivity contribution in [3.8, 4) is 0 Å². The highest BCUT2D eigenvalue weighted by molar-refractivity contribution is 5.76. The third-order valence-corrected chi connectivity index (χ3v) is 12.8. The molecule has 76 heavy (non-hydrogen) atoms. The summed E-state index contributed by atoms with van der Waals surface area (Å²) in [6.07, 6.45) is 51.4. The molecule has 0 bridgehead atoms. The van der Waals surface area contributed by atoms with Crippen molar-refractivity contribution in [2.24, 2.45) is 0 Å². The van der Waals surface area contributed by atoms with E-state index in [0.29, 0.717) is 6.42 Å². The highest BCUT2D eigenvalue weighted by Gasteiger charge is 2.51. The van der Waals surface area contributed by atoms with E-state index in [0.717, 1.165) is 128 Å². The van der Waals surface area contributed by atoms with Crippen LogP contribution in [0.4, 0.5) is 0 Å². The average molecular weight is 1070 g/mol. The van der Waals surface area contributed by atoms with Gasteiger partial charge in [0.25, 0.3) is 0 Å². The zero-order chi connectivity index (χ0) is 55.3. The van der Waals surface area contributed by atoms with Crippen molar-refractivity contribution in [1.82, 2.24) is 5.32 Å². The lowest BCUT2D eigenvalue weighted by Crippen LogP contribution is -2.65. The van der Waals surface area contributed by atoms with Crippen molar-refractivity contribution >= 4 is 5.91 Å². The van der Waals surface area contributed by atoms with Gasteiger partial charge in [-0.2, -0.15) is 0 Å². The van der Waals surface area contributed by atoms with E-state index in [1.54, 1.807) is 6.08 Å². The van der Waals surface area contributed by atoms with Crippen molar-refractivity contribution in [2.45, 2.75) is 229 Å². The van der Waals surface area contributed by atoms with Gasteiger partial charge >= 0.3 is 0 Å². The number of hydrogen-bond donors (Lipinski definition) is 9. The van der Waals surface area contributed by atoms with E-state index in [9.17, 15) is 45.6 Å². The molecule has 2 rings (SSSR count). The summed E-state index contributed by atoms with van der Waals surface area (Å²) in [6.45, 7) is 2.50. The summed E-state index contributed by atoms with van der Waals surface area (Å²) in [4.78, 5) is 13.1. The molecule has 0 radical (unpaired) electrons. The van der Waals surface area contributed by atoms with Crippen LogP contribution in [0.5, 0.6) is 0 Å². The Kier molecular flexibility index (Phi) is 41.4. The molecule has 12 unspecified atom stereocenters. The molecule has 12 atom stereocenters. The second kappa shape index (κ2) is 46.1. The first-order chi connectivity index (χ1) is 37.1. The number of carbonyl (C=O) groups excluding carboxylic acids is 1. The Morgan fingerprint density at radius 2 is 0.908 bits per heavy atom. The molecule has 0 aromatic carbocycles. The van der Waals surface area contributed by atoms with Crippen LogP contribution in [0.1, 0.15) is 155 Å². The van der Waals surface area contributed by atoms with Crippen LogP contribution in [0.25, 0.3) is 0 Å². The number of aliphatic hydroxyl groups excluding tert-OH is 8. The minimum absolute atomic E-state index is 0.253. The topological polar surface area (TPSA) is 228 Å². The molecule has 2 aliphatic heterocycles. The van der Waals surface area contributed by atoms with Crippen molar-refractivity contribution in [3.63, 3.8) is 0 Å². The summed E-state index contributed by atoms with van der Waals surface area (Å²) in [7, 11) is 0. The SMILES string of the molecule is CC/C=C\C/C=C\C/C=C\C/C=C\C/C=C\C/C=C\C/C=C\C/C=C\C/C=C\C/C=C\CCCCCCCCC(=O)NC(COC1OC(CO)C(OC2OC(CO)C(O)C(O)C2O)C(O)C1O)C(O)/C=C/CCCCC. The number of rotatable bonds is 42. The molecule has 0 aromatic heterocycles. The van der Waals surface area contributed by atoms with Crippen molar-refractivity contribution in [2.75, 3.05) is 19.8 Å². The number of carbonyl (C=O) groups is 1. The predicted octanol–water partition coefficient (Wildman–Crippen LogP) is 9.21. The van der Waals surface area contributed by atoms with Gasteiger partial charge in [-0.05, 0) is 96.3 Å². The van der Waals surface area contributed by atoms with Crippen LogP contribution >= 0.6 is 0 Å². The van der Waals surface area contributed by atoms with E-state index in [-0.39, 0.29) is 18.9 Å². The number of hydrogen-bond acceptors (Lipinski definition) is 13. The summed E-state index contributed by atoms with van der Waals surface area (Å²) in [5, 5.41) is 86.3. The number of allylic oxidation sites excluding steroid dienone is 21. The lowest BCUT2D eigenvalue weighted by molar-refractivity contribution is -0.359. The molecule has 430 valence electrons. The van der Waals surface area contributed by atoms with Gasteiger partial charge in [-0.15, -0.1) is 0 Å². The first kappa shape index (κ1) is 68.2. The fourth-order valence-electron chi connectivity index (χ4n) is 8.26. The molecule has 2 saturated heterocycles. The number of nitrogens with one attached hydrogen (secondary N) is 1. The minimum Gasteiger partial charge on any atom is -0.394 e. The Hall–Kier alpha value is -3.87. The quantitative estimate of drug-likeness (QED) is 0.0206. The molecule has 0 saturated carbocycles. The van der Waals surface area contributed by atoms with Crippen LogP contribution < -0.4 is 5.32 Å². The first-order valence-corrected chi connectivity index (χ1v) is 28.4. The lowest BCUT2D eigenvalue weighted by Gasteiger charge is -2.46. The Bertz CT molecular complexity index is 1780. The van der Waals surface area contributed by atoms with E-state index < -0.39 is 86.8 Å². The molecule has 14 nitrogen and oxygen atoms in total. The number of aliphatic hydroxyl groups is 8. The summed E-state index contributed by atoms with van der Waals surface area (Å²) < 4.78 is 22.6. The summed E-state index contributed by atoms with van der Waals surface area (Å²) >= 11 is 0. The van der Waals surface area contributed by atoms with Crippen LogP contribution in [0.15, 0.2) is 134 Å². The highest BCUT2D eigenvalue weighted by atomic mass is 16.7. The van der Waals surface area contributed by atoms with Gasteiger partial charge in [-0.1, -0.05) is 186 Å². The molecule has 2 fully saturated rings. The van der Waals surface area contributed by atoms with Crippen LogP contribution in [0.2, 0.25) is 0 Å². The van der Waals surface area contributed by atoms with E-state index in [1.165, 1.54) is 0 Å². The van der Waals surface area contributed by atoms with Crippen LogP contribution in [-0.2, 0) is 23.7 Å². The van der Waals surface area contributed by atoms with Gasteiger partial charge < -0.3 is 65.1 Å². The predicted molar refractivity (Wildman–Crippen MR) is 304 cm³/mol. The van der Waals surface area contributed by atoms with Gasteiger partial charge in [0.05, 0.1) is 32.0 Å². The van der Waals surface area contributed by atoms with E-state index in [1.807, 2.05) is 6.08 Å². The standard InChI is InChI=1S/C62H99NO13/c1-3-5-7-9-10-11-12-13-14-15-16-17-18-19-20-21-22-23-24-25-26-27-28-29-30-31-32-33-34-35-36-37-38-39-40-42-44-46-54(67)63-50(51(66)45-43-41-8-6-4-2)49-73-61-59(72)57(70)60(53(48-65)75-61)76-62-58(71)56(69)55(68)52(47-64)74-62/h5,7,10-11,13-14,16-17,19-20,22-23,25-26,28-29,31-32,34-35,43,45,50-53,55-62,64-66,68-72H,3-4,6,8-9,12,15,18,21,24,27,30,33,36-42,44,46-49H2,1-2H3,(H,63,67)/b7-5-,11-10-,14-13-,17-16-,20-19-,23-22-,26-25-,29-28-,32-31-,35-34-,45-43+. The average Bonchev–Trinajstić information content (AvgIpc) is 3.42. The van der Waals surface area contributed by atoms with Gasteiger partial charge in [0.1, 0.15) is 48.8 Å². The van der Waals surface area contributed by atoms with Crippen molar-refractivity contribution in [3.05, 3.63) is 134 Å². The van der Waals surface area contributed by atoms with Crippen molar-refractivity contribution < 1.29 is 64.6 Å². The molecule has 2 heterocycles. The smallest absolute Gasteiger partial charge is 0.220 e. The van der Waals surface area contributed by atoms with E-state index >= 15 is 0 Å². The van der Waals surface area contributed by atoms with Gasteiger partial charge in [-0.3, -0.25) is 4.79 Å². The zero-order valence-corrected chi connectivity index (χ0v) is 45.9. The molecule has 0 aliphatic carbocycles. The van der Waals surface area contributed by atoms with Crippen LogP contribution in [-0.4, -0.2) is 140 Å². The minimum atomic E-state index is -1.79. The molecule has 0 aromatic rings. The highest BCUT2D eigenvalue weighted by Crippen LogP contribution is 2.30. The number of ether oxygens (including phenoxy) is 4.